The van der Waals surface area contributed by atoms with E-state index in [1.807, 2.05) is 32.9 Å². The maximum atomic E-state index is 12.4. The Hall–Kier alpha value is -6.12. The summed E-state index contributed by atoms with van der Waals surface area (Å²) in [4.78, 5) is 73.2. The molecule has 0 amide bonds. The van der Waals surface area contributed by atoms with E-state index in [1.165, 1.54) is 24.4 Å². The molecule has 1 unspecified atom stereocenters. The number of pyridine rings is 1. The number of allylic oxidation sites excluding steroid dienone is 10. The number of carbonyl (C=O) groups excluding carboxylic acids is 5. The summed E-state index contributed by atoms with van der Waals surface area (Å²) in [6.07, 6.45) is 30.4. The number of nitrogens with one attached hydrogen (secondary N) is 1. The summed E-state index contributed by atoms with van der Waals surface area (Å²) in [5.41, 5.74) is -0.0536. The zero-order valence-corrected chi connectivity index (χ0v) is 39.9. The number of hydrogen-bond donors (Lipinski definition) is 1. The van der Waals surface area contributed by atoms with Gasteiger partial charge in [-0.15, -0.1) is 0 Å². The van der Waals surface area contributed by atoms with Crippen LogP contribution in [0.5, 0.6) is 11.5 Å². The number of aldehydes is 2. The van der Waals surface area contributed by atoms with E-state index in [1.54, 1.807) is 76.7 Å². The Morgan fingerprint density at radius 2 is 1.36 bits per heavy atom. The van der Waals surface area contributed by atoms with Crippen LogP contribution in [0.3, 0.4) is 0 Å². The number of ether oxygens (including phenoxy) is 4. The molecule has 0 aliphatic heterocycles. The first-order chi connectivity index (χ1) is 31.7. The van der Waals surface area contributed by atoms with Crippen LogP contribution in [0.4, 0.5) is 0 Å². The Kier molecular flexibility index (Phi) is 30.9. The van der Waals surface area contributed by atoms with Gasteiger partial charge in [0.2, 0.25) is 0 Å². The van der Waals surface area contributed by atoms with Crippen LogP contribution in [-0.4, -0.2) is 81.1 Å². The highest BCUT2D eigenvalue weighted by molar-refractivity contribution is 5.96. The van der Waals surface area contributed by atoms with Crippen molar-refractivity contribution in [2.45, 2.75) is 98.2 Å². The Labute approximate surface area is 391 Å². The maximum absolute atomic E-state index is 12.4. The van der Waals surface area contributed by atoms with E-state index in [0.29, 0.717) is 25.7 Å². The molecule has 3 rings (SSSR count). The van der Waals surface area contributed by atoms with Crippen molar-refractivity contribution in [3.63, 3.8) is 0 Å². The minimum atomic E-state index is -0.970. The van der Waals surface area contributed by atoms with Crippen LogP contribution in [0.25, 0.3) is 0 Å². The Morgan fingerprint density at radius 3 is 1.97 bits per heavy atom. The lowest BCUT2D eigenvalue weighted by Gasteiger charge is -2.29. The van der Waals surface area contributed by atoms with Gasteiger partial charge in [0.15, 0.2) is 18.7 Å². The minimum absolute atomic E-state index is 0.0417. The van der Waals surface area contributed by atoms with Crippen molar-refractivity contribution in [1.29, 1.82) is 0 Å². The van der Waals surface area contributed by atoms with E-state index in [4.69, 9.17) is 28.7 Å². The summed E-state index contributed by atoms with van der Waals surface area (Å²) in [5, 5.41) is 2.84. The zero-order chi connectivity index (χ0) is 48.9. The molecule has 13 heteroatoms. The SMILES string of the molecule is CC/C=C\C/C=C\C/C=C\C/C=C/C=C\CCCOOCC(C)(C)C(C=O)OC(=O)c1cccnc1.CNCCC(=O)Oc1ccccc1C(=O)Oc1ccccc1C=O.COC(C)(C)C. The highest BCUT2D eigenvalue weighted by Crippen LogP contribution is 2.25. The summed E-state index contributed by atoms with van der Waals surface area (Å²) < 4.78 is 20.7. The average molecular weight is 911 g/mol. The lowest BCUT2D eigenvalue weighted by molar-refractivity contribution is -0.311. The number of esters is 3. The Balaban J connectivity index is 0.000000620. The number of aromatic nitrogens is 1. The largest absolute Gasteiger partial charge is 0.450 e. The van der Waals surface area contributed by atoms with Crippen molar-refractivity contribution >= 4 is 30.5 Å². The van der Waals surface area contributed by atoms with Crippen molar-refractivity contribution in [2.75, 3.05) is 33.9 Å². The molecule has 0 fully saturated rings. The highest BCUT2D eigenvalue weighted by Gasteiger charge is 2.34. The predicted molar refractivity (Wildman–Crippen MR) is 258 cm³/mol. The van der Waals surface area contributed by atoms with Crippen LogP contribution in [0, 0.1) is 5.41 Å². The molecule has 0 spiro atoms. The maximum Gasteiger partial charge on any atom is 0.347 e. The lowest BCUT2D eigenvalue weighted by atomic mass is 9.88. The standard InChI is InChI=1S/C30H41NO5.C18H17NO5.C5H12O/c1-4-5-6-7-8-9-10-11-12-13-14-15-16-17-18-19-23-34-35-26-30(2,3)28(25-32)36-29(33)27-21-20-22-31-24-27;1-19-11-10-17(21)23-16-9-5-3-7-14(16)18(22)24-15-8-4-2-6-13(15)12-20;1-5(2,3)6-4/h5-6,8-9,11-12,14-17,20-22,24-25,28H,4,7,10,13,18-19,23,26H2,1-3H3;2-9,12,19H,10-11H2,1H3;1-4H3/b6-5-,9-8-,12-11-,15-14+,17-16-;;. The number of unbranched alkanes of at least 4 members (excludes halogenated alkanes) is 1. The van der Waals surface area contributed by atoms with Gasteiger partial charge >= 0.3 is 17.9 Å². The van der Waals surface area contributed by atoms with Crippen LogP contribution in [0.1, 0.15) is 118 Å². The first-order valence-electron chi connectivity index (χ1n) is 22.1. The van der Waals surface area contributed by atoms with Gasteiger partial charge in [-0.2, -0.15) is 0 Å². The van der Waals surface area contributed by atoms with Gasteiger partial charge in [0, 0.05) is 31.5 Å². The van der Waals surface area contributed by atoms with Gasteiger partial charge in [-0.3, -0.25) is 19.4 Å². The predicted octanol–water partition coefficient (Wildman–Crippen LogP) is 10.6. The fourth-order valence-corrected chi connectivity index (χ4v) is 4.80. The first kappa shape index (κ1) is 57.9. The Bertz CT molecular complexity index is 2000. The van der Waals surface area contributed by atoms with E-state index in [9.17, 15) is 24.0 Å². The quantitative estimate of drug-likeness (QED) is 0.0118. The number of carbonyl (C=O) groups is 5. The van der Waals surface area contributed by atoms with Gasteiger partial charge in [0.25, 0.3) is 0 Å². The summed E-state index contributed by atoms with van der Waals surface area (Å²) >= 11 is 0. The minimum Gasteiger partial charge on any atom is -0.450 e. The number of hydrogen-bond acceptors (Lipinski definition) is 13. The van der Waals surface area contributed by atoms with Crippen LogP contribution < -0.4 is 14.8 Å². The number of benzene rings is 2. The molecule has 13 nitrogen and oxygen atoms in total. The molecule has 0 bridgehead atoms. The van der Waals surface area contributed by atoms with Crippen molar-refractivity contribution in [1.82, 2.24) is 10.3 Å². The summed E-state index contributed by atoms with van der Waals surface area (Å²) in [5.74, 6) is -1.51. The van der Waals surface area contributed by atoms with Crippen molar-refractivity contribution in [3.05, 3.63) is 151 Å². The molecule has 1 aromatic heterocycles. The van der Waals surface area contributed by atoms with E-state index >= 15 is 0 Å². The monoisotopic (exact) mass is 910 g/mol. The summed E-state index contributed by atoms with van der Waals surface area (Å²) in [6.45, 7) is 12.8. The van der Waals surface area contributed by atoms with Crippen LogP contribution in [0.15, 0.2) is 134 Å². The molecule has 2 aromatic carbocycles. The van der Waals surface area contributed by atoms with Gasteiger partial charge < -0.3 is 24.3 Å². The van der Waals surface area contributed by atoms with E-state index in [2.05, 4.69) is 65.8 Å². The molecule has 1 N–H and O–H groups in total. The number of nitrogens with zero attached hydrogens (tertiary/aromatic N) is 1. The van der Waals surface area contributed by atoms with Crippen molar-refractivity contribution < 1.29 is 52.7 Å². The highest BCUT2D eigenvalue weighted by atomic mass is 17.2. The molecule has 0 saturated heterocycles. The Morgan fingerprint density at radius 1 is 0.742 bits per heavy atom. The second-order valence-corrected chi connectivity index (χ2v) is 16.0. The molecule has 3 aromatic rings. The third-order valence-corrected chi connectivity index (χ3v) is 8.84. The summed E-state index contributed by atoms with van der Waals surface area (Å²) in [7, 11) is 3.43. The molecule has 66 heavy (non-hydrogen) atoms. The smallest absolute Gasteiger partial charge is 0.347 e. The van der Waals surface area contributed by atoms with Crippen molar-refractivity contribution in [3.8, 4) is 11.5 Å². The van der Waals surface area contributed by atoms with E-state index in [0.717, 1.165) is 38.5 Å². The second-order valence-electron chi connectivity index (χ2n) is 16.0. The van der Waals surface area contributed by atoms with Gasteiger partial charge in [-0.25, -0.2) is 19.4 Å². The van der Waals surface area contributed by atoms with Crippen LogP contribution in [0.2, 0.25) is 0 Å². The van der Waals surface area contributed by atoms with Gasteiger partial charge in [0.1, 0.15) is 17.1 Å². The fraction of sp³-hybridized carbons (Fsp3) is 0.396. The molecule has 358 valence electrons. The van der Waals surface area contributed by atoms with Gasteiger partial charge in [0.05, 0.1) is 36.4 Å². The normalized spacial score (nSPS) is 12.1. The van der Waals surface area contributed by atoms with Gasteiger partial charge in [-0.05, 0) is 103 Å². The molecular weight excluding hydrogens is 841 g/mol. The summed E-state index contributed by atoms with van der Waals surface area (Å²) in [6, 6.07) is 15.9. The van der Waals surface area contributed by atoms with Crippen LogP contribution in [-0.2, 0) is 28.8 Å². The van der Waals surface area contributed by atoms with Crippen molar-refractivity contribution in [2.24, 2.45) is 5.41 Å². The molecule has 1 heterocycles. The van der Waals surface area contributed by atoms with Crippen LogP contribution >= 0.6 is 0 Å². The lowest BCUT2D eigenvalue weighted by Crippen LogP contribution is -2.39. The fourth-order valence-electron chi connectivity index (χ4n) is 4.80. The zero-order valence-electron chi connectivity index (χ0n) is 39.9. The molecular formula is C53H70N2O11. The number of para-hydroxylation sites is 2. The van der Waals surface area contributed by atoms with E-state index in [-0.39, 0.29) is 46.8 Å². The van der Waals surface area contributed by atoms with Gasteiger partial charge in [-0.1, -0.05) is 106 Å². The topological polar surface area (TPSA) is 166 Å². The third kappa shape index (κ3) is 27.3. The molecule has 0 aliphatic carbocycles. The first-order valence-corrected chi connectivity index (χ1v) is 22.1. The van der Waals surface area contributed by atoms with E-state index < -0.39 is 29.4 Å². The number of methoxy groups -OCH3 is 1. The molecule has 0 aliphatic rings. The average Bonchev–Trinajstić information content (AvgIpc) is 3.31. The molecule has 0 radical (unpaired) electrons. The molecule has 0 saturated carbocycles. The third-order valence-electron chi connectivity index (χ3n) is 8.84. The molecule has 1 atom stereocenters. The number of rotatable bonds is 26. The second kappa shape index (κ2) is 35.2.